The standard InChI is InChI=1S/C16H20BrNOS/c1-2-5-12(8-9-17)10-18-16(19)14-11-20-15-7-4-3-6-13(14)15/h3-4,6-7,11-12H,2,5,8-10H2,1H3,(H,18,19). The van der Waals surface area contributed by atoms with Gasteiger partial charge in [-0.25, -0.2) is 0 Å². The van der Waals surface area contributed by atoms with Gasteiger partial charge in [-0.2, -0.15) is 0 Å². The van der Waals surface area contributed by atoms with Crippen LogP contribution in [-0.2, 0) is 0 Å². The van der Waals surface area contributed by atoms with E-state index in [4.69, 9.17) is 0 Å². The molecule has 1 aromatic heterocycles. The second kappa shape index (κ2) is 7.79. The van der Waals surface area contributed by atoms with Gasteiger partial charge in [0.1, 0.15) is 0 Å². The van der Waals surface area contributed by atoms with Crippen molar-refractivity contribution in [2.75, 3.05) is 11.9 Å². The fourth-order valence-electron chi connectivity index (χ4n) is 2.40. The molecule has 108 valence electrons. The molecular formula is C16H20BrNOS. The lowest BCUT2D eigenvalue weighted by molar-refractivity contribution is 0.0948. The van der Waals surface area contributed by atoms with Crippen molar-refractivity contribution < 1.29 is 4.79 Å². The third-order valence-electron chi connectivity index (χ3n) is 3.49. The van der Waals surface area contributed by atoms with Crippen LogP contribution in [0.25, 0.3) is 10.1 Å². The van der Waals surface area contributed by atoms with E-state index in [1.807, 2.05) is 23.6 Å². The fraction of sp³-hybridized carbons (Fsp3) is 0.438. The molecule has 2 aromatic rings. The minimum absolute atomic E-state index is 0.0538. The number of carbonyl (C=O) groups is 1. The van der Waals surface area contributed by atoms with E-state index >= 15 is 0 Å². The van der Waals surface area contributed by atoms with Crippen LogP contribution in [0.4, 0.5) is 0 Å². The van der Waals surface area contributed by atoms with E-state index in [-0.39, 0.29) is 5.91 Å². The van der Waals surface area contributed by atoms with Crippen molar-refractivity contribution in [3.05, 3.63) is 35.2 Å². The first-order chi connectivity index (χ1) is 9.76. The molecule has 1 N–H and O–H groups in total. The van der Waals surface area contributed by atoms with E-state index in [0.29, 0.717) is 5.92 Å². The van der Waals surface area contributed by atoms with Crippen LogP contribution in [0.3, 0.4) is 0 Å². The largest absolute Gasteiger partial charge is 0.352 e. The summed E-state index contributed by atoms with van der Waals surface area (Å²) in [6.07, 6.45) is 3.43. The fourth-order valence-corrected chi connectivity index (χ4v) is 3.99. The van der Waals surface area contributed by atoms with Crippen LogP contribution in [0, 0.1) is 5.92 Å². The topological polar surface area (TPSA) is 29.1 Å². The lowest BCUT2D eigenvalue weighted by Gasteiger charge is -2.15. The molecule has 1 unspecified atom stereocenters. The molecule has 0 aliphatic carbocycles. The highest BCUT2D eigenvalue weighted by Crippen LogP contribution is 2.25. The maximum Gasteiger partial charge on any atom is 0.252 e. The SMILES string of the molecule is CCCC(CCBr)CNC(=O)c1csc2ccccc12. The normalized spacial score (nSPS) is 12.5. The number of rotatable bonds is 7. The summed E-state index contributed by atoms with van der Waals surface area (Å²) in [6.45, 7) is 2.96. The average Bonchev–Trinajstić information content (AvgIpc) is 2.89. The van der Waals surface area contributed by atoms with Crippen LogP contribution in [0.5, 0.6) is 0 Å². The van der Waals surface area contributed by atoms with E-state index < -0.39 is 0 Å². The van der Waals surface area contributed by atoms with Crippen LogP contribution in [-0.4, -0.2) is 17.8 Å². The van der Waals surface area contributed by atoms with Gasteiger partial charge in [-0.15, -0.1) is 11.3 Å². The smallest absolute Gasteiger partial charge is 0.252 e. The van der Waals surface area contributed by atoms with Crippen molar-refractivity contribution in [1.82, 2.24) is 5.32 Å². The summed E-state index contributed by atoms with van der Waals surface area (Å²) in [4.78, 5) is 12.3. The summed E-state index contributed by atoms with van der Waals surface area (Å²) < 4.78 is 1.17. The summed E-state index contributed by atoms with van der Waals surface area (Å²) in [5.74, 6) is 0.617. The molecule has 1 aromatic carbocycles. The van der Waals surface area contributed by atoms with E-state index in [0.717, 1.165) is 42.1 Å². The number of carbonyl (C=O) groups excluding carboxylic acids is 1. The molecule has 2 nitrogen and oxygen atoms in total. The van der Waals surface area contributed by atoms with Crippen molar-refractivity contribution in [3.63, 3.8) is 0 Å². The Labute approximate surface area is 132 Å². The minimum Gasteiger partial charge on any atom is -0.352 e. The Kier molecular flexibility index (Phi) is 6.05. The van der Waals surface area contributed by atoms with Crippen LogP contribution >= 0.6 is 27.3 Å². The summed E-state index contributed by atoms with van der Waals surface area (Å²) >= 11 is 5.12. The predicted octanol–water partition coefficient (Wildman–Crippen LogP) is 4.83. The first kappa shape index (κ1) is 15.5. The lowest BCUT2D eigenvalue weighted by Crippen LogP contribution is -2.29. The van der Waals surface area contributed by atoms with Gasteiger partial charge in [0.2, 0.25) is 0 Å². The quantitative estimate of drug-likeness (QED) is 0.709. The van der Waals surface area contributed by atoms with Gasteiger partial charge in [-0.3, -0.25) is 4.79 Å². The number of benzene rings is 1. The van der Waals surface area contributed by atoms with E-state index in [1.54, 1.807) is 11.3 Å². The molecule has 4 heteroatoms. The molecule has 0 aliphatic rings. The predicted molar refractivity (Wildman–Crippen MR) is 91.0 cm³/mol. The van der Waals surface area contributed by atoms with Crippen molar-refractivity contribution in [1.29, 1.82) is 0 Å². The average molecular weight is 354 g/mol. The van der Waals surface area contributed by atoms with E-state index in [2.05, 4.69) is 34.2 Å². The maximum absolute atomic E-state index is 12.3. The Morgan fingerprint density at radius 1 is 1.35 bits per heavy atom. The zero-order valence-electron chi connectivity index (χ0n) is 11.7. The molecule has 0 radical (unpaired) electrons. The Bertz CT molecular complexity index is 560. The van der Waals surface area contributed by atoms with Crippen molar-refractivity contribution in [2.45, 2.75) is 26.2 Å². The van der Waals surface area contributed by atoms with Gasteiger partial charge >= 0.3 is 0 Å². The van der Waals surface area contributed by atoms with Gasteiger partial charge in [0.25, 0.3) is 5.91 Å². The number of amides is 1. The van der Waals surface area contributed by atoms with Crippen molar-refractivity contribution in [3.8, 4) is 0 Å². The van der Waals surface area contributed by atoms with E-state index in [1.165, 1.54) is 4.70 Å². The number of nitrogens with one attached hydrogen (secondary N) is 1. The minimum atomic E-state index is 0.0538. The van der Waals surface area contributed by atoms with Crippen LogP contribution in [0.15, 0.2) is 29.6 Å². The monoisotopic (exact) mass is 353 g/mol. The highest BCUT2D eigenvalue weighted by Gasteiger charge is 2.14. The Hall–Kier alpha value is -0.870. The first-order valence-electron chi connectivity index (χ1n) is 7.06. The number of hydrogen-bond acceptors (Lipinski definition) is 2. The van der Waals surface area contributed by atoms with Gasteiger partial charge in [0, 0.05) is 27.3 Å². The molecule has 0 saturated carbocycles. The summed E-state index contributed by atoms with van der Waals surface area (Å²) in [5, 5.41) is 7.10. The van der Waals surface area contributed by atoms with Crippen LogP contribution < -0.4 is 5.32 Å². The highest BCUT2D eigenvalue weighted by molar-refractivity contribution is 9.09. The first-order valence-corrected chi connectivity index (χ1v) is 9.06. The van der Waals surface area contributed by atoms with Gasteiger partial charge in [-0.05, 0) is 24.8 Å². The third kappa shape index (κ3) is 3.83. The number of halogens is 1. The molecule has 0 fully saturated rings. The molecular weight excluding hydrogens is 334 g/mol. The molecule has 20 heavy (non-hydrogen) atoms. The van der Waals surface area contributed by atoms with Gasteiger partial charge in [0.05, 0.1) is 5.56 Å². The Morgan fingerprint density at radius 3 is 2.90 bits per heavy atom. The van der Waals surface area contributed by atoms with Gasteiger partial charge in [0.15, 0.2) is 0 Å². The molecule has 2 rings (SSSR count). The number of thiophene rings is 1. The van der Waals surface area contributed by atoms with Crippen LogP contribution in [0.2, 0.25) is 0 Å². The van der Waals surface area contributed by atoms with Gasteiger partial charge < -0.3 is 5.32 Å². The summed E-state index contributed by atoms with van der Waals surface area (Å²) in [5.41, 5.74) is 0.805. The summed E-state index contributed by atoms with van der Waals surface area (Å²) in [6, 6.07) is 8.06. The molecule has 0 bridgehead atoms. The molecule has 1 heterocycles. The Balaban J connectivity index is 2.01. The summed E-state index contributed by atoms with van der Waals surface area (Å²) in [7, 11) is 0. The molecule has 0 saturated heterocycles. The van der Waals surface area contributed by atoms with Crippen molar-refractivity contribution >= 4 is 43.3 Å². The lowest BCUT2D eigenvalue weighted by atomic mass is 10.0. The second-order valence-electron chi connectivity index (χ2n) is 4.99. The zero-order valence-corrected chi connectivity index (χ0v) is 14.1. The Morgan fingerprint density at radius 2 is 2.15 bits per heavy atom. The number of fused-ring (bicyclic) bond motifs is 1. The van der Waals surface area contributed by atoms with E-state index in [9.17, 15) is 4.79 Å². The molecule has 0 spiro atoms. The number of hydrogen-bond donors (Lipinski definition) is 1. The highest BCUT2D eigenvalue weighted by atomic mass is 79.9. The third-order valence-corrected chi connectivity index (χ3v) is 4.91. The maximum atomic E-state index is 12.3. The number of alkyl halides is 1. The molecule has 1 atom stereocenters. The van der Waals surface area contributed by atoms with Crippen molar-refractivity contribution in [2.24, 2.45) is 5.92 Å². The van der Waals surface area contributed by atoms with Crippen LogP contribution in [0.1, 0.15) is 36.5 Å². The molecule has 0 aliphatic heterocycles. The zero-order chi connectivity index (χ0) is 14.4. The molecule has 1 amide bonds. The van der Waals surface area contributed by atoms with Gasteiger partial charge in [-0.1, -0.05) is 47.5 Å². The second-order valence-corrected chi connectivity index (χ2v) is 6.69.